The van der Waals surface area contributed by atoms with Crippen molar-refractivity contribution in [1.29, 1.82) is 0 Å². The van der Waals surface area contributed by atoms with E-state index in [0.717, 1.165) is 38.4 Å². The second kappa shape index (κ2) is 5.98. The zero-order valence-electron chi connectivity index (χ0n) is 9.36. The van der Waals surface area contributed by atoms with Gasteiger partial charge in [-0.05, 0) is 65.5 Å². The third kappa shape index (κ3) is 3.43. The monoisotopic (exact) mass is 331 g/mol. The zero-order valence-corrected chi connectivity index (χ0v) is 11.5. The van der Waals surface area contributed by atoms with E-state index in [1.807, 2.05) is 0 Å². The highest BCUT2D eigenvalue weighted by molar-refractivity contribution is 14.1. The first kappa shape index (κ1) is 12.3. The Morgan fingerprint density at radius 3 is 2.81 bits per heavy atom. The molecule has 1 heterocycles. The van der Waals surface area contributed by atoms with Crippen molar-refractivity contribution in [3.8, 4) is 0 Å². The molecule has 0 aliphatic carbocycles. The van der Waals surface area contributed by atoms with Crippen LogP contribution in [-0.4, -0.2) is 13.2 Å². The maximum Gasteiger partial charge on any atom is 0.0468 e. The van der Waals surface area contributed by atoms with Gasteiger partial charge in [0, 0.05) is 22.8 Å². The first-order valence-corrected chi connectivity index (χ1v) is 6.92. The SMILES string of the molecule is NC(CC1CCOCC1)c1cccc(I)c1. The van der Waals surface area contributed by atoms with Crippen LogP contribution in [0, 0.1) is 9.49 Å². The molecule has 2 rings (SSSR count). The number of ether oxygens (including phenoxy) is 1. The summed E-state index contributed by atoms with van der Waals surface area (Å²) in [7, 11) is 0. The van der Waals surface area contributed by atoms with Crippen molar-refractivity contribution in [3.05, 3.63) is 33.4 Å². The fourth-order valence-corrected chi connectivity index (χ4v) is 2.78. The fraction of sp³-hybridized carbons (Fsp3) is 0.538. The van der Waals surface area contributed by atoms with Gasteiger partial charge < -0.3 is 10.5 Å². The van der Waals surface area contributed by atoms with Crippen LogP contribution >= 0.6 is 22.6 Å². The fourth-order valence-electron chi connectivity index (χ4n) is 2.21. The first-order valence-electron chi connectivity index (χ1n) is 5.84. The average molecular weight is 331 g/mol. The molecule has 1 aliphatic heterocycles. The van der Waals surface area contributed by atoms with Gasteiger partial charge in [-0.1, -0.05) is 12.1 Å². The summed E-state index contributed by atoms with van der Waals surface area (Å²) in [5.74, 6) is 0.738. The molecule has 1 aliphatic rings. The van der Waals surface area contributed by atoms with E-state index in [0.29, 0.717) is 0 Å². The van der Waals surface area contributed by atoms with Gasteiger partial charge >= 0.3 is 0 Å². The summed E-state index contributed by atoms with van der Waals surface area (Å²) in [6.45, 7) is 1.81. The van der Waals surface area contributed by atoms with E-state index < -0.39 is 0 Å². The standard InChI is InChI=1S/C13H18INO/c14-12-3-1-2-11(9-12)13(15)8-10-4-6-16-7-5-10/h1-3,9-10,13H,4-8,15H2. The lowest BCUT2D eigenvalue weighted by molar-refractivity contribution is 0.0618. The molecule has 0 spiro atoms. The molecule has 1 aromatic rings. The molecule has 88 valence electrons. The van der Waals surface area contributed by atoms with Crippen molar-refractivity contribution in [3.63, 3.8) is 0 Å². The van der Waals surface area contributed by atoms with Crippen LogP contribution in [-0.2, 0) is 4.74 Å². The highest BCUT2D eigenvalue weighted by Gasteiger charge is 2.17. The Morgan fingerprint density at radius 1 is 1.38 bits per heavy atom. The Labute approximate surface area is 111 Å². The molecule has 2 nitrogen and oxygen atoms in total. The zero-order chi connectivity index (χ0) is 11.4. The van der Waals surface area contributed by atoms with E-state index >= 15 is 0 Å². The molecule has 1 unspecified atom stereocenters. The summed E-state index contributed by atoms with van der Waals surface area (Å²) in [5, 5.41) is 0. The lowest BCUT2D eigenvalue weighted by Gasteiger charge is -2.25. The molecule has 1 saturated heterocycles. The molecule has 1 atom stereocenters. The van der Waals surface area contributed by atoms with Gasteiger partial charge in [-0.25, -0.2) is 0 Å². The van der Waals surface area contributed by atoms with Crippen molar-refractivity contribution >= 4 is 22.6 Å². The van der Waals surface area contributed by atoms with E-state index in [9.17, 15) is 0 Å². The van der Waals surface area contributed by atoms with Crippen LogP contribution in [0.4, 0.5) is 0 Å². The lowest BCUT2D eigenvalue weighted by atomic mass is 9.90. The Hall–Kier alpha value is -0.130. The van der Waals surface area contributed by atoms with Crippen LogP contribution in [0.3, 0.4) is 0 Å². The van der Waals surface area contributed by atoms with Gasteiger partial charge in [0.1, 0.15) is 0 Å². The van der Waals surface area contributed by atoms with Gasteiger partial charge in [-0.15, -0.1) is 0 Å². The van der Waals surface area contributed by atoms with E-state index in [4.69, 9.17) is 10.5 Å². The van der Waals surface area contributed by atoms with Gasteiger partial charge in [-0.3, -0.25) is 0 Å². The summed E-state index contributed by atoms with van der Waals surface area (Å²) in [5.41, 5.74) is 7.51. The Balaban J connectivity index is 1.94. The Bertz CT molecular complexity index is 336. The van der Waals surface area contributed by atoms with Gasteiger partial charge in [0.05, 0.1) is 0 Å². The summed E-state index contributed by atoms with van der Waals surface area (Å²) in [6.07, 6.45) is 3.42. The van der Waals surface area contributed by atoms with Crippen molar-refractivity contribution in [2.24, 2.45) is 11.7 Å². The molecule has 0 aromatic heterocycles. The van der Waals surface area contributed by atoms with E-state index in [-0.39, 0.29) is 6.04 Å². The number of hydrogen-bond donors (Lipinski definition) is 1. The predicted octanol–water partition coefficient (Wildman–Crippen LogP) is 3.11. The minimum absolute atomic E-state index is 0.179. The summed E-state index contributed by atoms with van der Waals surface area (Å²) in [6, 6.07) is 8.68. The molecule has 0 bridgehead atoms. The molecular formula is C13H18INO. The minimum Gasteiger partial charge on any atom is -0.381 e. The van der Waals surface area contributed by atoms with Crippen LogP contribution in [0.25, 0.3) is 0 Å². The largest absolute Gasteiger partial charge is 0.381 e. The normalized spacial score (nSPS) is 19.6. The van der Waals surface area contributed by atoms with Gasteiger partial charge in [0.15, 0.2) is 0 Å². The minimum atomic E-state index is 0.179. The quantitative estimate of drug-likeness (QED) is 0.864. The van der Waals surface area contributed by atoms with Crippen LogP contribution in [0.15, 0.2) is 24.3 Å². The molecule has 1 aromatic carbocycles. The highest BCUT2D eigenvalue weighted by atomic mass is 127. The van der Waals surface area contributed by atoms with Crippen molar-refractivity contribution in [2.75, 3.05) is 13.2 Å². The number of rotatable bonds is 3. The summed E-state index contributed by atoms with van der Waals surface area (Å²) >= 11 is 2.33. The van der Waals surface area contributed by atoms with Crippen molar-refractivity contribution < 1.29 is 4.74 Å². The maximum absolute atomic E-state index is 6.25. The van der Waals surface area contributed by atoms with Crippen LogP contribution in [0.2, 0.25) is 0 Å². The molecule has 0 radical (unpaired) electrons. The average Bonchev–Trinajstić information content (AvgIpc) is 2.30. The van der Waals surface area contributed by atoms with Crippen molar-refractivity contribution in [2.45, 2.75) is 25.3 Å². The second-order valence-corrected chi connectivity index (χ2v) is 5.70. The van der Waals surface area contributed by atoms with E-state index in [1.54, 1.807) is 0 Å². The Morgan fingerprint density at radius 2 is 2.12 bits per heavy atom. The molecule has 2 N–H and O–H groups in total. The molecule has 0 saturated carbocycles. The number of benzene rings is 1. The van der Waals surface area contributed by atoms with Crippen LogP contribution < -0.4 is 5.73 Å². The number of nitrogens with two attached hydrogens (primary N) is 1. The van der Waals surface area contributed by atoms with E-state index in [1.165, 1.54) is 9.13 Å². The van der Waals surface area contributed by atoms with Crippen molar-refractivity contribution in [1.82, 2.24) is 0 Å². The smallest absolute Gasteiger partial charge is 0.0468 e. The molecule has 0 amide bonds. The molecule has 16 heavy (non-hydrogen) atoms. The summed E-state index contributed by atoms with van der Waals surface area (Å²) < 4.78 is 6.63. The second-order valence-electron chi connectivity index (χ2n) is 4.45. The lowest BCUT2D eigenvalue weighted by Crippen LogP contribution is -2.21. The number of halogens is 1. The van der Waals surface area contributed by atoms with Crippen LogP contribution in [0.5, 0.6) is 0 Å². The molecule has 1 fully saturated rings. The first-order chi connectivity index (χ1) is 7.75. The molecule has 3 heteroatoms. The Kier molecular flexibility index (Phi) is 4.61. The van der Waals surface area contributed by atoms with Gasteiger partial charge in [-0.2, -0.15) is 0 Å². The number of hydrogen-bond acceptors (Lipinski definition) is 2. The van der Waals surface area contributed by atoms with E-state index in [2.05, 4.69) is 46.9 Å². The molecular weight excluding hydrogens is 313 g/mol. The third-order valence-electron chi connectivity index (χ3n) is 3.20. The highest BCUT2D eigenvalue weighted by Crippen LogP contribution is 2.26. The summed E-state index contributed by atoms with van der Waals surface area (Å²) in [4.78, 5) is 0. The van der Waals surface area contributed by atoms with Crippen LogP contribution in [0.1, 0.15) is 30.9 Å². The maximum atomic E-state index is 6.25. The van der Waals surface area contributed by atoms with Gasteiger partial charge in [0.2, 0.25) is 0 Å². The topological polar surface area (TPSA) is 35.2 Å². The predicted molar refractivity (Wildman–Crippen MR) is 74.2 cm³/mol. The third-order valence-corrected chi connectivity index (χ3v) is 3.88. The van der Waals surface area contributed by atoms with Gasteiger partial charge in [0.25, 0.3) is 0 Å².